The van der Waals surface area contributed by atoms with Gasteiger partial charge in [0.2, 0.25) is 11.8 Å². The molecular weight excluding hydrogens is 228 g/mol. The Morgan fingerprint density at radius 3 is 2.38 bits per heavy atom. The van der Waals surface area contributed by atoms with E-state index in [2.05, 4.69) is 10.3 Å². The average molecular weight is 245 g/mol. The maximum absolute atomic E-state index is 11.6. The normalized spacial score (nSPS) is 10.2. The van der Waals surface area contributed by atoms with Crippen molar-refractivity contribution in [3.8, 4) is 5.88 Å². The van der Waals surface area contributed by atoms with E-state index < -0.39 is 5.41 Å². The molecule has 4 nitrogen and oxygen atoms in total. The molecule has 5 heteroatoms. The number of carbonyl (C=O) groups is 1. The first-order valence-corrected chi connectivity index (χ1v) is 4.75. The lowest BCUT2D eigenvalue weighted by Gasteiger charge is -2.17. The zero-order valence-electron chi connectivity index (χ0n) is 9.90. The molecule has 0 fully saturated rings. The number of aromatic nitrogens is 1. The molecule has 0 saturated carbocycles. The molecule has 1 aromatic heterocycles. The SMILES string of the molecule is COc1ccc(NC(=O)C(C)(C)C)cn1.Cl. The van der Waals surface area contributed by atoms with Gasteiger partial charge in [-0.3, -0.25) is 4.79 Å². The number of hydrogen-bond acceptors (Lipinski definition) is 3. The van der Waals surface area contributed by atoms with E-state index in [1.807, 2.05) is 20.8 Å². The van der Waals surface area contributed by atoms with Gasteiger partial charge in [-0.25, -0.2) is 4.98 Å². The molecular formula is C11H17ClN2O2. The molecule has 0 spiro atoms. The molecule has 0 bridgehead atoms. The van der Waals surface area contributed by atoms with Crippen molar-refractivity contribution < 1.29 is 9.53 Å². The van der Waals surface area contributed by atoms with Crippen LogP contribution in [0.5, 0.6) is 5.88 Å². The van der Waals surface area contributed by atoms with Crippen LogP contribution in [0.2, 0.25) is 0 Å². The molecule has 0 unspecified atom stereocenters. The van der Waals surface area contributed by atoms with Crippen LogP contribution in [0.1, 0.15) is 20.8 Å². The second-order valence-electron chi connectivity index (χ2n) is 4.29. The van der Waals surface area contributed by atoms with Gasteiger partial charge < -0.3 is 10.1 Å². The number of nitrogens with one attached hydrogen (secondary N) is 1. The van der Waals surface area contributed by atoms with Crippen LogP contribution in [0.25, 0.3) is 0 Å². The summed E-state index contributed by atoms with van der Waals surface area (Å²) in [5.41, 5.74) is 0.274. The van der Waals surface area contributed by atoms with Gasteiger partial charge in [-0.1, -0.05) is 20.8 Å². The van der Waals surface area contributed by atoms with Gasteiger partial charge in [-0.05, 0) is 6.07 Å². The Morgan fingerprint density at radius 2 is 2.00 bits per heavy atom. The molecule has 1 amide bonds. The molecule has 90 valence electrons. The molecule has 1 aromatic rings. The number of halogens is 1. The lowest BCUT2D eigenvalue weighted by molar-refractivity contribution is -0.123. The number of ether oxygens (including phenoxy) is 1. The zero-order chi connectivity index (χ0) is 11.5. The highest BCUT2D eigenvalue weighted by atomic mass is 35.5. The second-order valence-corrected chi connectivity index (χ2v) is 4.29. The van der Waals surface area contributed by atoms with Crippen LogP contribution in [-0.2, 0) is 4.79 Å². The highest BCUT2D eigenvalue weighted by molar-refractivity contribution is 5.94. The lowest BCUT2D eigenvalue weighted by Crippen LogP contribution is -2.27. The van der Waals surface area contributed by atoms with Gasteiger partial charge in [0.1, 0.15) is 0 Å². The van der Waals surface area contributed by atoms with Crippen molar-refractivity contribution in [1.82, 2.24) is 4.98 Å². The fourth-order valence-corrected chi connectivity index (χ4v) is 0.894. The van der Waals surface area contributed by atoms with Gasteiger partial charge in [-0.15, -0.1) is 12.4 Å². The second kappa shape index (κ2) is 5.70. The number of methoxy groups -OCH3 is 1. The van der Waals surface area contributed by atoms with Crippen molar-refractivity contribution in [2.45, 2.75) is 20.8 Å². The van der Waals surface area contributed by atoms with E-state index in [4.69, 9.17) is 4.74 Å². The summed E-state index contributed by atoms with van der Waals surface area (Å²) < 4.78 is 4.92. The average Bonchev–Trinajstić information content (AvgIpc) is 2.17. The Balaban J connectivity index is 0.00000225. The van der Waals surface area contributed by atoms with Crippen LogP contribution in [0, 0.1) is 5.41 Å². The summed E-state index contributed by atoms with van der Waals surface area (Å²) in [6, 6.07) is 3.47. The fraction of sp³-hybridized carbons (Fsp3) is 0.455. The summed E-state index contributed by atoms with van der Waals surface area (Å²) in [7, 11) is 1.55. The Labute approximate surface area is 102 Å². The highest BCUT2D eigenvalue weighted by Gasteiger charge is 2.21. The van der Waals surface area contributed by atoms with Crippen LogP contribution < -0.4 is 10.1 Å². The third-order valence-electron chi connectivity index (χ3n) is 1.88. The van der Waals surface area contributed by atoms with E-state index in [1.54, 1.807) is 25.4 Å². The molecule has 0 radical (unpaired) electrons. The van der Waals surface area contributed by atoms with Gasteiger partial charge in [-0.2, -0.15) is 0 Å². The smallest absolute Gasteiger partial charge is 0.229 e. The van der Waals surface area contributed by atoms with E-state index in [0.29, 0.717) is 11.6 Å². The maximum atomic E-state index is 11.6. The van der Waals surface area contributed by atoms with Gasteiger partial charge in [0.15, 0.2) is 0 Å². The van der Waals surface area contributed by atoms with Crippen molar-refractivity contribution in [3.05, 3.63) is 18.3 Å². The van der Waals surface area contributed by atoms with Gasteiger partial charge in [0.25, 0.3) is 0 Å². The number of pyridine rings is 1. The van der Waals surface area contributed by atoms with Gasteiger partial charge in [0.05, 0.1) is 19.0 Å². The monoisotopic (exact) mass is 244 g/mol. The van der Waals surface area contributed by atoms with Crippen LogP contribution in [0.4, 0.5) is 5.69 Å². The first kappa shape index (κ1) is 14.7. The lowest BCUT2D eigenvalue weighted by atomic mass is 9.96. The molecule has 0 atom stereocenters. The minimum atomic E-state index is -0.403. The van der Waals surface area contributed by atoms with Gasteiger partial charge in [0, 0.05) is 11.5 Å². The van der Waals surface area contributed by atoms with E-state index in [0.717, 1.165) is 0 Å². The first-order valence-electron chi connectivity index (χ1n) is 4.75. The van der Waals surface area contributed by atoms with Crippen molar-refractivity contribution in [2.24, 2.45) is 5.41 Å². The summed E-state index contributed by atoms with van der Waals surface area (Å²) in [6.07, 6.45) is 1.57. The standard InChI is InChI=1S/C11H16N2O2.ClH/c1-11(2,3)10(14)13-8-5-6-9(15-4)12-7-8;/h5-7H,1-4H3,(H,13,14);1H. The topological polar surface area (TPSA) is 51.2 Å². The first-order chi connectivity index (χ1) is 6.93. The van der Waals surface area contributed by atoms with E-state index in [-0.39, 0.29) is 18.3 Å². The number of hydrogen-bond donors (Lipinski definition) is 1. The van der Waals surface area contributed by atoms with Crippen molar-refractivity contribution in [1.29, 1.82) is 0 Å². The van der Waals surface area contributed by atoms with E-state index >= 15 is 0 Å². The van der Waals surface area contributed by atoms with E-state index in [9.17, 15) is 4.79 Å². The third-order valence-corrected chi connectivity index (χ3v) is 1.88. The molecule has 1 rings (SSSR count). The molecule has 0 aliphatic rings. The maximum Gasteiger partial charge on any atom is 0.229 e. The number of nitrogens with zero attached hydrogens (tertiary/aromatic N) is 1. The van der Waals surface area contributed by atoms with Crippen LogP contribution in [-0.4, -0.2) is 18.0 Å². The predicted molar refractivity (Wildman–Crippen MR) is 66.1 cm³/mol. The van der Waals surface area contributed by atoms with Crippen molar-refractivity contribution in [2.75, 3.05) is 12.4 Å². The van der Waals surface area contributed by atoms with Crippen molar-refractivity contribution in [3.63, 3.8) is 0 Å². The number of carbonyl (C=O) groups excluding carboxylic acids is 1. The van der Waals surface area contributed by atoms with Gasteiger partial charge >= 0.3 is 0 Å². The van der Waals surface area contributed by atoms with Crippen LogP contribution in [0.15, 0.2) is 18.3 Å². The third kappa shape index (κ3) is 4.06. The minimum Gasteiger partial charge on any atom is -0.481 e. The molecule has 0 aliphatic heterocycles. The van der Waals surface area contributed by atoms with Crippen LogP contribution in [0.3, 0.4) is 0 Å². The largest absolute Gasteiger partial charge is 0.481 e. The molecule has 0 aliphatic carbocycles. The Bertz CT molecular complexity index is 344. The summed E-state index contributed by atoms with van der Waals surface area (Å²) >= 11 is 0. The fourth-order valence-electron chi connectivity index (χ4n) is 0.894. The molecule has 0 aromatic carbocycles. The molecule has 1 N–H and O–H groups in total. The number of anilines is 1. The Kier molecular flexibility index (Phi) is 5.24. The summed E-state index contributed by atoms with van der Waals surface area (Å²) in [5, 5.41) is 2.78. The van der Waals surface area contributed by atoms with Crippen molar-refractivity contribution >= 4 is 24.0 Å². The predicted octanol–water partition coefficient (Wildman–Crippen LogP) is 2.50. The Hall–Kier alpha value is -1.29. The summed E-state index contributed by atoms with van der Waals surface area (Å²) in [4.78, 5) is 15.6. The zero-order valence-corrected chi connectivity index (χ0v) is 10.7. The molecule has 16 heavy (non-hydrogen) atoms. The summed E-state index contributed by atoms with van der Waals surface area (Å²) in [5.74, 6) is 0.498. The van der Waals surface area contributed by atoms with Crippen LogP contribution >= 0.6 is 12.4 Å². The minimum absolute atomic E-state index is 0. The summed E-state index contributed by atoms with van der Waals surface area (Å²) in [6.45, 7) is 5.58. The number of amides is 1. The quantitative estimate of drug-likeness (QED) is 0.870. The molecule has 1 heterocycles. The van der Waals surface area contributed by atoms with E-state index in [1.165, 1.54) is 0 Å². The Morgan fingerprint density at radius 1 is 1.38 bits per heavy atom. The highest BCUT2D eigenvalue weighted by Crippen LogP contribution is 2.17. The molecule has 0 saturated heterocycles. The number of rotatable bonds is 2.